The van der Waals surface area contributed by atoms with Crippen LogP contribution in [0.5, 0.6) is 5.75 Å². The van der Waals surface area contributed by atoms with Crippen LogP contribution >= 0.6 is 11.6 Å². The zero-order valence-electron chi connectivity index (χ0n) is 16.6. The molecule has 1 atom stereocenters. The smallest absolute Gasteiger partial charge is 0.436 e. The molecule has 1 aromatic carbocycles. The minimum atomic E-state index is -4.69. The molecule has 1 aromatic heterocycles. The van der Waals surface area contributed by atoms with Crippen LogP contribution in [0, 0.1) is 6.92 Å². The van der Waals surface area contributed by atoms with E-state index in [0.29, 0.717) is 29.7 Å². The van der Waals surface area contributed by atoms with Crippen LogP contribution in [0.2, 0.25) is 5.02 Å². The van der Waals surface area contributed by atoms with Crippen molar-refractivity contribution in [1.29, 1.82) is 0 Å². The first-order chi connectivity index (χ1) is 13.4. The van der Waals surface area contributed by atoms with Gasteiger partial charge in [-0.15, -0.1) is 0 Å². The third-order valence-electron chi connectivity index (χ3n) is 5.12. The second-order valence-electron chi connectivity index (χ2n) is 7.81. The number of nitrogens with one attached hydrogen (secondary N) is 1. The van der Waals surface area contributed by atoms with E-state index >= 15 is 0 Å². The van der Waals surface area contributed by atoms with Crippen molar-refractivity contribution >= 4 is 23.2 Å². The van der Waals surface area contributed by atoms with Gasteiger partial charge in [-0.3, -0.25) is 9.48 Å². The summed E-state index contributed by atoms with van der Waals surface area (Å²) in [5, 5.41) is 16.0. The molecule has 1 saturated carbocycles. The standard InChI is InChI=1S/C20H23ClF3N3O2/c1-9(2)13-8-14(10(3)7-15(13)28)25-19(29)11(4)27-17(12-5-6-12)16(21)18(26-27)20(22,23)24/h7-9,11-12,28H,5-6H2,1-4H3,(H,25,29). The average molecular weight is 430 g/mol. The van der Waals surface area contributed by atoms with Crippen molar-refractivity contribution in [2.45, 2.75) is 64.6 Å². The van der Waals surface area contributed by atoms with Gasteiger partial charge in [0.25, 0.3) is 0 Å². The molecule has 1 amide bonds. The Labute approximate surface area is 171 Å². The Balaban J connectivity index is 1.93. The van der Waals surface area contributed by atoms with E-state index in [0.717, 1.165) is 4.68 Å². The molecule has 9 heteroatoms. The number of carbonyl (C=O) groups is 1. The Morgan fingerprint density at radius 3 is 2.45 bits per heavy atom. The number of anilines is 1. The lowest BCUT2D eigenvalue weighted by atomic mass is 9.99. The van der Waals surface area contributed by atoms with Gasteiger partial charge in [-0.1, -0.05) is 25.4 Å². The first-order valence-corrected chi connectivity index (χ1v) is 9.79. The molecule has 1 unspecified atom stereocenters. The number of alkyl halides is 3. The fraction of sp³-hybridized carbons (Fsp3) is 0.500. The summed E-state index contributed by atoms with van der Waals surface area (Å²) in [7, 11) is 0. The molecule has 2 aromatic rings. The number of nitrogens with zero attached hydrogens (tertiary/aromatic N) is 2. The maximum Gasteiger partial charge on any atom is 0.436 e. The lowest BCUT2D eigenvalue weighted by Gasteiger charge is -2.18. The van der Waals surface area contributed by atoms with Gasteiger partial charge in [0.05, 0.1) is 10.7 Å². The molecule has 5 nitrogen and oxygen atoms in total. The van der Waals surface area contributed by atoms with E-state index < -0.39 is 28.8 Å². The summed E-state index contributed by atoms with van der Waals surface area (Å²) in [5.74, 6) is -0.467. The molecule has 1 aliphatic rings. The maximum absolute atomic E-state index is 13.3. The molecule has 0 spiro atoms. The molecule has 0 radical (unpaired) electrons. The van der Waals surface area contributed by atoms with E-state index in [1.165, 1.54) is 6.92 Å². The minimum Gasteiger partial charge on any atom is -0.508 e. The topological polar surface area (TPSA) is 67.2 Å². The fourth-order valence-electron chi connectivity index (χ4n) is 3.28. The third kappa shape index (κ3) is 4.22. The maximum atomic E-state index is 13.3. The number of aromatic hydroxyl groups is 1. The van der Waals surface area contributed by atoms with Crippen molar-refractivity contribution in [1.82, 2.24) is 9.78 Å². The van der Waals surface area contributed by atoms with Crippen LogP contribution in [0.25, 0.3) is 0 Å². The van der Waals surface area contributed by atoms with Gasteiger partial charge >= 0.3 is 6.18 Å². The van der Waals surface area contributed by atoms with Gasteiger partial charge in [-0.05, 0) is 55.9 Å². The normalized spacial score (nSPS) is 15.6. The average Bonchev–Trinajstić information content (AvgIpc) is 3.37. The first kappa shape index (κ1) is 21.5. The molecule has 0 saturated heterocycles. The zero-order valence-corrected chi connectivity index (χ0v) is 17.3. The fourth-order valence-corrected chi connectivity index (χ4v) is 3.67. The van der Waals surface area contributed by atoms with Crippen LogP contribution in [-0.4, -0.2) is 20.8 Å². The van der Waals surface area contributed by atoms with Crippen LogP contribution < -0.4 is 5.32 Å². The quantitative estimate of drug-likeness (QED) is 0.593. The largest absolute Gasteiger partial charge is 0.508 e. The molecule has 1 heterocycles. The molecule has 1 aliphatic carbocycles. The van der Waals surface area contributed by atoms with E-state index in [-0.39, 0.29) is 23.3 Å². The second kappa shape index (κ2) is 7.55. The molecule has 3 rings (SSSR count). The number of aryl methyl sites for hydroxylation is 1. The van der Waals surface area contributed by atoms with E-state index in [1.54, 1.807) is 19.1 Å². The number of phenolic OH excluding ortho intramolecular Hbond substituents is 1. The Hall–Kier alpha value is -2.22. The minimum absolute atomic E-state index is 0.0319. The van der Waals surface area contributed by atoms with Gasteiger partial charge in [0, 0.05) is 11.6 Å². The first-order valence-electron chi connectivity index (χ1n) is 9.41. The third-order valence-corrected chi connectivity index (χ3v) is 5.49. The number of amides is 1. The van der Waals surface area contributed by atoms with Crippen molar-refractivity contribution in [2.24, 2.45) is 0 Å². The van der Waals surface area contributed by atoms with Crippen LogP contribution in [0.1, 0.15) is 74.0 Å². The summed E-state index contributed by atoms with van der Waals surface area (Å²) < 4.78 is 40.9. The highest BCUT2D eigenvalue weighted by Gasteiger charge is 2.43. The Bertz CT molecular complexity index is 949. The van der Waals surface area contributed by atoms with Gasteiger partial charge in [-0.2, -0.15) is 18.3 Å². The molecule has 2 N–H and O–H groups in total. The Morgan fingerprint density at radius 2 is 1.93 bits per heavy atom. The summed E-state index contributed by atoms with van der Waals surface area (Å²) in [6.45, 7) is 7.03. The van der Waals surface area contributed by atoms with Crippen molar-refractivity contribution in [3.05, 3.63) is 39.7 Å². The monoisotopic (exact) mass is 429 g/mol. The van der Waals surface area contributed by atoms with E-state index in [9.17, 15) is 23.1 Å². The molecule has 158 valence electrons. The number of hydrogen-bond donors (Lipinski definition) is 2. The number of carbonyl (C=O) groups excluding carboxylic acids is 1. The lowest BCUT2D eigenvalue weighted by Crippen LogP contribution is -2.26. The summed E-state index contributed by atoms with van der Waals surface area (Å²) >= 11 is 5.99. The van der Waals surface area contributed by atoms with Gasteiger partial charge in [0.2, 0.25) is 5.91 Å². The van der Waals surface area contributed by atoms with Crippen molar-refractivity contribution < 1.29 is 23.1 Å². The van der Waals surface area contributed by atoms with Gasteiger partial charge < -0.3 is 10.4 Å². The SMILES string of the molecule is Cc1cc(O)c(C(C)C)cc1NC(=O)C(C)n1nc(C(F)(F)F)c(Cl)c1C1CC1. The summed E-state index contributed by atoms with van der Waals surface area (Å²) in [4.78, 5) is 12.8. The Morgan fingerprint density at radius 1 is 1.31 bits per heavy atom. The van der Waals surface area contributed by atoms with Crippen LogP contribution in [-0.2, 0) is 11.0 Å². The van der Waals surface area contributed by atoms with E-state index in [2.05, 4.69) is 10.4 Å². The van der Waals surface area contributed by atoms with Crippen LogP contribution in [0.15, 0.2) is 12.1 Å². The molecule has 29 heavy (non-hydrogen) atoms. The van der Waals surface area contributed by atoms with E-state index in [1.807, 2.05) is 13.8 Å². The predicted octanol–water partition coefficient (Wildman–Crippen LogP) is 5.77. The number of phenols is 1. The van der Waals surface area contributed by atoms with Crippen molar-refractivity contribution in [3.8, 4) is 5.75 Å². The number of halogens is 4. The van der Waals surface area contributed by atoms with Crippen molar-refractivity contribution in [2.75, 3.05) is 5.32 Å². The van der Waals surface area contributed by atoms with Crippen LogP contribution in [0.4, 0.5) is 18.9 Å². The molecule has 1 fully saturated rings. The number of aromatic nitrogens is 2. The second-order valence-corrected chi connectivity index (χ2v) is 8.19. The van der Waals surface area contributed by atoms with Gasteiger partial charge in [0.15, 0.2) is 5.69 Å². The molecular weight excluding hydrogens is 407 g/mol. The number of benzene rings is 1. The molecule has 0 bridgehead atoms. The summed E-state index contributed by atoms with van der Waals surface area (Å²) in [6.07, 6.45) is -3.26. The number of rotatable bonds is 5. The Kier molecular flexibility index (Phi) is 5.60. The van der Waals surface area contributed by atoms with E-state index in [4.69, 9.17) is 11.6 Å². The summed E-state index contributed by atoms with van der Waals surface area (Å²) in [6, 6.07) is 2.24. The predicted molar refractivity (Wildman–Crippen MR) is 104 cm³/mol. The lowest BCUT2D eigenvalue weighted by molar-refractivity contribution is -0.141. The van der Waals surface area contributed by atoms with Gasteiger partial charge in [0.1, 0.15) is 11.8 Å². The highest BCUT2D eigenvalue weighted by atomic mass is 35.5. The highest BCUT2D eigenvalue weighted by Crippen LogP contribution is 2.47. The summed E-state index contributed by atoms with van der Waals surface area (Å²) in [5.41, 5.74) is 0.893. The zero-order chi connectivity index (χ0) is 21.7. The highest BCUT2D eigenvalue weighted by molar-refractivity contribution is 6.32. The molecule has 0 aliphatic heterocycles. The van der Waals surface area contributed by atoms with Crippen LogP contribution in [0.3, 0.4) is 0 Å². The number of hydrogen-bond acceptors (Lipinski definition) is 3. The molecular formula is C20H23ClF3N3O2. The van der Waals surface area contributed by atoms with Gasteiger partial charge in [-0.25, -0.2) is 0 Å². The van der Waals surface area contributed by atoms with Crippen molar-refractivity contribution in [3.63, 3.8) is 0 Å².